The fourth-order valence-electron chi connectivity index (χ4n) is 3.79. The lowest BCUT2D eigenvalue weighted by atomic mass is 10.0. The van der Waals surface area contributed by atoms with E-state index in [4.69, 9.17) is 27.0 Å². The summed E-state index contributed by atoms with van der Waals surface area (Å²) in [5.41, 5.74) is -2.55. The molecule has 0 spiro atoms. The number of ether oxygens (including phenoxy) is 2. The summed E-state index contributed by atoms with van der Waals surface area (Å²) >= 11 is 5.50. The van der Waals surface area contributed by atoms with E-state index in [1.807, 2.05) is 0 Å². The third kappa shape index (κ3) is 3.99. The molecule has 2 heterocycles. The Balaban J connectivity index is 1.70. The minimum atomic E-state index is -4.77. The van der Waals surface area contributed by atoms with Crippen molar-refractivity contribution in [2.75, 3.05) is 23.0 Å². The first-order chi connectivity index (χ1) is 15.4. The molecule has 0 amide bonds. The van der Waals surface area contributed by atoms with Crippen molar-refractivity contribution in [3.05, 3.63) is 53.3 Å². The lowest BCUT2D eigenvalue weighted by Gasteiger charge is -2.33. The van der Waals surface area contributed by atoms with Crippen molar-refractivity contribution in [2.45, 2.75) is 37.9 Å². The number of nitriles is 1. The van der Waals surface area contributed by atoms with E-state index in [0.29, 0.717) is 18.9 Å². The van der Waals surface area contributed by atoms with Crippen LogP contribution < -0.4 is 14.5 Å². The molecule has 1 N–H and O–H groups in total. The third-order valence-corrected chi connectivity index (χ3v) is 6.01. The van der Waals surface area contributed by atoms with Crippen LogP contribution in [0.15, 0.2) is 36.4 Å². The monoisotopic (exact) mass is 481 g/mol. The van der Waals surface area contributed by atoms with E-state index in [1.54, 1.807) is 19.9 Å². The molecule has 11 heteroatoms. The maximum absolute atomic E-state index is 14.7. The smallest absolute Gasteiger partial charge is 0.417 e. The van der Waals surface area contributed by atoms with Crippen LogP contribution in [0.4, 0.5) is 28.9 Å². The molecular formula is C22H19F4N3O3S. The van der Waals surface area contributed by atoms with Crippen LogP contribution in [0, 0.1) is 17.1 Å². The minimum absolute atomic E-state index is 0.0224. The number of aliphatic hydroxyl groups is 1. The number of halogens is 4. The second-order valence-electron chi connectivity index (χ2n) is 8.25. The van der Waals surface area contributed by atoms with E-state index in [1.165, 1.54) is 29.2 Å². The fraction of sp³-hybridized carbons (Fsp3) is 0.364. The Kier molecular flexibility index (Phi) is 5.72. The van der Waals surface area contributed by atoms with Crippen molar-refractivity contribution in [3.8, 4) is 11.8 Å². The lowest BCUT2D eigenvalue weighted by Crippen LogP contribution is -2.47. The summed E-state index contributed by atoms with van der Waals surface area (Å²) in [6.45, 7) is 4.00. The molecule has 33 heavy (non-hydrogen) atoms. The number of thiocarbonyl (C=S) groups is 1. The number of anilines is 2. The molecule has 0 radical (unpaired) electrons. The van der Waals surface area contributed by atoms with E-state index >= 15 is 0 Å². The predicted octanol–water partition coefficient (Wildman–Crippen LogP) is 4.20. The third-order valence-electron chi connectivity index (χ3n) is 5.63. The van der Waals surface area contributed by atoms with E-state index in [2.05, 4.69) is 0 Å². The van der Waals surface area contributed by atoms with Gasteiger partial charge in [0.25, 0.3) is 0 Å². The van der Waals surface area contributed by atoms with Crippen molar-refractivity contribution in [2.24, 2.45) is 0 Å². The minimum Gasteiger partial charge on any atom is -0.483 e. The van der Waals surface area contributed by atoms with Gasteiger partial charge in [0.05, 0.1) is 35.9 Å². The van der Waals surface area contributed by atoms with Gasteiger partial charge in [0.2, 0.25) is 0 Å². The summed E-state index contributed by atoms with van der Waals surface area (Å²) in [4.78, 5) is 2.62. The van der Waals surface area contributed by atoms with Crippen molar-refractivity contribution in [1.82, 2.24) is 0 Å². The van der Waals surface area contributed by atoms with Crippen LogP contribution in [-0.2, 0) is 10.9 Å². The average molecular weight is 481 g/mol. The Hall–Kier alpha value is -2.94. The van der Waals surface area contributed by atoms with Crippen molar-refractivity contribution in [1.29, 1.82) is 5.26 Å². The van der Waals surface area contributed by atoms with Crippen molar-refractivity contribution >= 4 is 28.7 Å². The standard InChI is InChI=1S/C22H19F4N3O3S/c1-21(2)19(30)28(13-4-3-12(9-27)16(7-13)22(24,25)26)20(33)29(21)14-5-6-18(17(23)8-14)32-15-10-31-11-15/h3-8,15,19,30H,10-11H2,1-2H3. The van der Waals surface area contributed by atoms with Gasteiger partial charge >= 0.3 is 6.18 Å². The van der Waals surface area contributed by atoms with Gasteiger partial charge in [0.1, 0.15) is 6.10 Å². The van der Waals surface area contributed by atoms with Gasteiger partial charge in [-0.15, -0.1) is 0 Å². The number of benzene rings is 2. The molecule has 0 aromatic heterocycles. The van der Waals surface area contributed by atoms with Gasteiger partial charge in [-0.25, -0.2) is 4.39 Å². The molecule has 2 saturated heterocycles. The van der Waals surface area contributed by atoms with Crippen LogP contribution in [0.3, 0.4) is 0 Å². The van der Waals surface area contributed by atoms with Crippen LogP contribution in [0.25, 0.3) is 0 Å². The quantitative estimate of drug-likeness (QED) is 0.519. The second-order valence-corrected chi connectivity index (χ2v) is 8.61. The molecule has 2 fully saturated rings. The van der Waals surface area contributed by atoms with Gasteiger partial charge in [0, 0.05) is 17.4 Å². The van der Waals surface area contributed by atoms with Gasteiger partial charge in [0.15, 0.2) is 22.9 Å². The largest absolute Gasteiger partial charge is 0.483 e. The SMILES string of the molecule is CC1(C)C(O)N(c2ccc(C#N)c(C(F)(F)F)c2)C(=S)N1c1ccc(OC2COC2)c(F)c1. The lowest BCUT2D eigenvalue weighted by molar-refractivity contribution is -0.137. The molecule has 0 aliphatic carbocycles. The first kappa shape index (κ1) is 23.2. The number of alkyl halides is 3. The first-order valence-corrected chi connectivity index (χ1v) is 10.3. The van der Waals surface area contributed by atoms with Crippen molar-refractivity contribution in [3.63, 3.8) is 0 Å². The molecule has 6 nitrogen and oxygen atoms in total. The highest BCUT2D eigenvalue weighted by molar-refractivity contribution is 7.80. The fourth-order valence-corrected chi connectivity index (χ4v) is 4.33. The number of rotatable bonds is 4. The van der Waals surface area contributed by atoms with Crippen LogP contribution in [0.2, 0.25) is 0 Å². The topological polar surface area (TPSA) is 69.0 Å². The molecule has 2 aromatic carbocycles. The van der Waals surface area contributed by atoms with E-state index in [0.717, 1.165) is 17.0 Å². The highest BCUT2D eigenvalue weighted by Gasteiger charge is 2.50. The molecule has 0 saturated carbocycles. The number of hydrogen-bond acceptors (Lipinski definition) is 5. The Morgan fingerprint density at radius 3 is 2.39 bits per heavy atom. The van der Waals surface area contributed by atoms with Crippen LogP contribution in [0.5, 0.6) is 5.75 Å². The van der Waals surface area contributed by atoms with Crippen molar-refractivity contribution < 1.29 is 32.1 Å². The Labute approximate surface area is 192 Å². The molecule has 1 atom stereocenters. The maximum Gasteiger partial charge on any atom is 0.417 e. The Morgan fingerprint density at radius 1 is 1.18 bits per heavy atom. The maximum atomic E-state index is 14.7. The predicted molar refractivity (Wildman–Crippen MR) is 115 cm³/mol. The number of nitrogens with zero attached hydrogens (tertiary/aromatic N) is 3. The molecular weight excluding hydrogens is 462 g/mol. The van der Waals surface area contributed by atoms with Crippen LogP contribution in [0.1, 0.15) is 25.0 Å². The highest BCUT2D eigenvalue weighted by atomic mass is 32.1. The summed E-state index contributed by atoms with van der Waals surface area (Å²) in [6, 6.07) is 8.78. The molecule has 0 bridgehead atoms. The van der Waals surface area contributed by atoms with Gasteiger partial charge in [-0.2, -0.15) is 18.4 Å². The van der Waals surface area contributed by atoms with Crippen LogP contribution in [-0.4, -0.2) is 41.3 Å². The zero-order valence-corrected chi connectivity index (χ0v) is 18.4. The summed E-state index contributed by atoms with van der Waals surface area (Å²) in [5.74, 6) is -0.613. The van der Waals surface area contributed by atoms with Gasteiger partial charge < -0.3 is 19.5 Å². The zero-order chi connectivity index (χ0) is 24.1. The molecule has 2 aromatic rings. The van der Waals surface area contributed by atoms with E-state index in [-0.39, 0.29) is 22.7 Å². The average Bonchev–Trinajstić information content (AvgIpc) is 2.88. The summed E-state index contributed by atoms with van der Waals surface area (Å²) in [6.07, 6.45) is -6.36. The first-order valence-electron chi connectivity index (χ1n) is 9.92. The molecule has 2 aliphatic heterocycles. The number of aliphatic hydroxyl groups excluding tert-OH is 1. The second kappa shape index (κ2) is 8.13. The molecule has 174 valence electrons. The van der Waals surface area contributed by atoms with E-state index in [9.17, 15) is 22.7 Å². The summed E-state index contributed by atoms with van der Waals surface area (Å²) in [7, 11) is 0. The molecule has 2 aliphatic rings. The molecule has 1 unspecified atom stereocenters. The molecule has 4 rings (SSSR count). The van der Waals surface area contributed by atoms with E-state index < -0.39 is 34.9 Å². The van der Waals surface area contributed by atoms with Gasteiger partial charge in [-0.3, -0.25) is 4.90 Å². The summed E-state index contributed by atoms with van der Waals surface area (Å²) in [5, 5.41) is 20.0. The number of hydrogen-bond donors (Lipinski definition) is 1. The summed E-state index contributed by atoms with van der Waals surface area (Å²) < 4.78 is 65.6. The van der Waals surface area contributed by atoms with Gasteiger partial charge in [-0.05, 0) is 56.4 Å². The highest BCUT2D eigenvalue weighted by Crippen LogP contribution is 2.42. The zero-order valence-electron chi connectivity index (χ0n) is 17.6. The van der Waals surface area contributed by atoms with Gasteiger partial charge in [-0.1, -0.05) is 0 Å². The van der Waals surface area contributed by atoms with Crippen LogP contribution >= 0.6 is 12.2 Å². The Bertz CT molecular complexity index is 1140. The Morgan fingerprint density at radius 2 is 1.85 bits per heavy atom. The normalized spacial score (nSPS) is 20.5.